The average Bonchev–Trinajstić information content (AvgIpc) is 2.68. The maximum absolute atomic E-state index is 14.7. The molecule has 1 aliphatic rings. The number of carbonyl (C=O) groups excluding carboxylic acids is 1. The summed E-state index contributed by atoms with van der Waals surface area (Å²) in [7, 11) is 0. The number of amides is 1. The Labute approximate surface area is 163 Å². The van der Waals surface area contributed by atoms with Crippen LogP contribution in [-0.4, -0.2) is 14.9 Å². The van der Waals surface area contributed by atoms with Gasteiger partial charge in [0, 0.05) is 0 Å². The van der Waals surface area contributed by atoms with E-state index >= 15 is 0 Å². The zero-order chi connectivity index (χ0) is 18.5. The molecule has 0 heterocycles. The molecule has 2 aromatic carbocycles. The van der Waals surface area contributed by atoms with Gasteiger partial charge < -0.3 is 0 Å². The van der Waals surface area contributed by atoms with Crippen LogP contribution in [0.5, 0.6) is 0 Å². The van der Waals surface area contributed by atoms with Crippen molar-refractivity contribution in [2.45, 2.75) is 45.1 Å². The summed E-state index contributed by atoms with van der Waals surface area (Å²) in [4.78, 5) is 14.6. The Morgan fingerprint density at radius 1 is 1.08 bits per heavy atom. The molecule has 1 atom stereocenters. The summed E-state index contributed by atoms with van der Waals surface area (Å²) in [6.45, 7) is 2.10. The fourth-order valence-corrected chi connectivity index (χ4v) is 6.78. The molecule has 3 rings (SSSR count). The molecule has 1 fully saturated rings. The predicted molar refractivity (Wildman–Crippen MR) is 115 cm³/mol. The monoisotopic (exact) mass is 467 g/mol. The first-order valence-electron chi connectivity index (χ1n) is 9.31. The third kappa shape index (κ3) is 4.64. The van der Waals surface area contributed by atoms with E-state index in [1.54, 1.807) is 6.07 Å². The minimum atomic E-state index is -2.24. The molecule has 1 amide bonds. The van der Waals surface area contributed by atoms with Gasteiger partial charge in [0.05, 0.1) is 0 Å². The molecule has 1 saturated carbocycles. The fourth-order valence-electron chi connectivity index (χ4n) is 3.64. The van der Waals surface area contributed by atoms with Gasteiger partial charge in [-0.25, -0.2) is 0 Å². The molecule has 2 nitrogen and oxygen atoms in total. The number of alkyl halides is 1. The molecule has 0 aliphatic heterocycles. The zero-order valence-corrected chi connectivity index (χ0v) is 17.6. The van der Waals surface area contributed by atoms with Gasteiger partial charge in [-0.2, -0.15) is 0 Å². The average molecular weight is 467 g/mol. The van der Waals surface area contributed by atoms with Crippen molar-refractivity contribution in [3.05, 3.63) is 57.9 Å². The zero-order valence-electron chi connectivity index (χ0n) is 15.5. The number of halogens is 2. The van der Waals surface area contributed by atoms with E-state index in [-0.39, 0.29) is 15.8 Å². The van der Waals surface area contributed by atoms with Gasteiger partial charge in [0.25, 0.3) is 0 Å². The molecule has 26 heavy (non-hydrogen) atoms. The molecule has 140 valence electrons. The molecule has 2 aromatic rings. The summed E-state index contributed by atoms with van der Waals surface area (Å²) in [5.74, 6) is 0.321. The number of benzene rings is 2. The van der Waals surface area contributed by atoms with Crippen molar-refractivity contribution in [2.24, 2.45) is 5.92 Å². The Bertz CT molecular complexity index is 743. The molecule has 1 aliphatic carbocycles. The van der Waals surface area contributed by atoms with Crippen molar-refractivity contribution in [1.29, 1.82) is 0 Å². The van der Waals surface area contributed by atoms with Crippen LogP contribution in [0.1, 0.15) is 39.0 Å². The van der Waals surface area contributed by atoms with Crippen LogP contribution < -0.4 is 5.32 Å². The van der Waals surface area contributed by atoms with Gasteiger partial charge in [0.2, 0.25) is 0 Å². The first-order valence-corrected chi connectivity index (χ1v) is 13.6. The number of hydrogen-bond acceptors (Lipinski definition) is 1. The first kappa shape index (κ1) is 19.3. The van der Waals surface area contributed by atoms with Crippen LogP contribution in [0, 0.1) is 15.3 Å². The molecular formula is C22H27FINO. The standard InChI is InChI=1S/C22H27FINO/c1-16(17-9-5-3-6-10-17)25-22(26)24(2)21-14-13-19(15-20(21)23)18-11-7-4-8-12-18/h4,7-8,11-17H,3,5-6,9-10H2,1-2H3,(H,25,26)/t16-/m1/s1. The van der Waals surface area contributed by atoms with Crippen molar-refractivity contribution in [2.75, 3.05) is 4.93 Å². The van der Waals surface area contributed by atoms with Crippen LogP contribution in [0.25, 0.3) is 11.1 Å². The molecule has 0 aromatic heterocycles. The van der Waals surface area contributed by atoms with E-state index in [0.29, 0.717) is 9.49 Å². The van der Waals surface area contributed by atoms with Gasteiger partial charge in [-0.3, -0.25) is 0 Å². The Hall–Kier alpha value is -1.43. The number of nitrogens with one attached hydrogen (secondary N) is 1. The van der Waals surface area contributed by atoms with Crippen molar-refractivity contribution in [1.82, 2.24) is 5.32 Å². The van der Waals surface area contributed by atoms with E-state index in [1.807, 2.05) is 47.4 Å². The molecular weight excluding hydrogens is 440 g/mol. The van der Waals surface area contributed by atoms with E-state index in [0.717, 1.165) is 11.1 Å². The van der Waals surface area contributed by atoms with Crippen LogP contribution in [0.15, 0.2) is 48.5 Å². The van der Waals surface area contributed by atoms with E-state index in [2.05, 4.69) is 12.2 Å². The van der Waals surface area contributed by atoms with Crippen LogP contribution in [0.4, 0.5) is 9.18 Å². The van der Waals surface area contributed by atoms with Crippen LogP contribution in [-0.2, 0) is 0 Å². The van der Waals surface area contributed by atoms with Gasteiger partial charge in [0.15, 0.2) is 0 Å². The summed E-state index contributed by atoms with van der Waals surface area (Å²) in [5.41, 5.74) is 1.84. The summed E-state index contributed by atoms with van der Waals surface area (Å²) >= 11 is -2.24. The number of rotatable bonds is 5. The van der Waals surface area contributed by atoms with Gasteiger partial charge in [0.1, 0.15) is 0 Å². The summed E-state index contributed by atoms with van der Waals surface area (Å²) in [6.07, 6.45) is 6.21. The molecule has 1 N–H and O–H groups in total. The molecule has 0 spiro atoms. The molecule has 0 saturated heterocycles. The van der Waals surface area contributed by atoms with E-state index in [4.69, 9.17) is 0 Å². The number of carbonyl (C=O) groups is 1. The fraction of sp³-hybridized carbons (Fsp3) is 0.409. The second kappa shape index (κ2) is 8.98. The van der Waals surface area contributed by atoms with E-state index in [1.165, 1.54) is 32.1 Å². The molecule has 0 bridgehead atoms. The van der Waals surface area contributed by atoms with Gasteiger partial charge in [-0.15, -0.1) is 0 Å². The van der Waals surface area contributed by atoms with Crippen LogP contribution in [0.3, 0.4) is 0 Å². The Balaban J connectivity index is 1.68. The normalized spacial score (nSPS) is 16.8. The van der Waals surface area contributed by atoms with E-state index in [9.17, 15) is 9.18 Å². The van der Waals surface area contributed by atoms with E-state index < -0.39 is 19.8 Å². The number of hydrogen-bond donors (Lipinski definition) is 1. The van der Waals surface area contributed by atoms with Crippen molar-refractivity contribution in [3.63, 3.8) is 0 Å². The first-order chi connectivity index (χ1) is 12.6. The maximum atomic E-state index is 14.7. The second-order valence-corrected chi connectivity index (χ2v) is 11.9. The summed E-state index contributed by atoms with van der Waals surface area (Å²) < 4.78 is 15.4. The van der Waals surface area contributed by atoms with Gasteiger partial charge >= 0.3 is 163 Å². The summed E-state index contributed by atoms with van der Waals surface area (Å²) in [6, 6.07) is 15.3. The van der Waals surface area contributed by atoms with Crippen molar-refractivity contribution in [3.8, 4) is 11.1 Å². The predicted octanol–water partition coefficient (Wildman–Crippen LogP) is 6.48. The molecule has 0 unspecified atom stereocenters. The topological polar surface area (TPSA) is 29.1 Å². The Morgan fingerprint density at radius 2 is 1.77 bits per heavy atom. The summed E-state index contributed by atoms with van der Waals surface area (Å²) in [5, 5.41) is 3.19. The third-order valence-electron chi connectivity index (χ3n) is 5.29. The van der Waals surface area contributed by atoms with Gasteiger partial charge in [-0.05, 0) is 0 Å². The van der Waals surface area contributed by atoms with Crippen molar-refractivity contribution < 1.29 is 9.18 Å². The van der Waals surface area contributed by atoms with Crippen LogP contribution in [0.2, 0.25) is 0 Å². The van der Waals surface area contributed by atoms with Gasteiger partial charge in [-0.1, -0.05) is 0 Å². The second-order valence-electron chi connectivity index (χ2n) is 7.07. The van der Waals surface area contributed by atoms with Crippen molar-refractivity contribution >= 4 is 23.7 Å². The molecule has 0 radical (unpaired) electrons. The SMILES string of the molecule is C[C@@H](NC(=O)I(C)c1ccc(-c2ccccc2)cc1F)C1CCCCC1. The quantitative estimate of drug-likeness (QED) is 0.232. The Morgan fingerprint density at radius 3 is 2.42 bits per heavy atom. The molecule has 4 heteroatoms. The minimum absolute atomic E-state index is 0.0682. The Kier molecular flexibility index (Phi) is 6.68. The third-order valence-corrected chi connectivity index (χ3v) is 9.69. The van der Waals surface area contributed by atoms with Crippen LogP contribution >= 0.6 is 19.8 Å².